The number of rotatable bonds is 3. The van der Waals surface area contributed by atoms with E-state index in [1.54, 1.807) is 0 Å². The molecule has 0 aliphatic rings. The molecule has 1 radical (unpaired) electrons. The van der Waals surface area contributed by atoms with E-state index in [9.17, 15) is 9.59 Å². The van der Waals surface area contributed by atoms with Crippen molar-refractivity contribution in [3.63, 3.8) is 0 Å². The number of ketones is 1. The van der Waals surface area contributed by atoms with Crippen LogP contribution in [0.3, 0.4) is 0 Å². The van der Waals surface area contributed by atoms with Crippen LogP contribution in [0.1, 0.15) is 6.92 Å². The Morgan fingerprint density at radius 1 is 1.50 bits per heavy atom. The molecule has 0 spiro atoms. The molecule has 4 heteroatoms. The van der Waals surface area contributed by atoms with Crippen LogP contribution >= 0.6 is 0 Å². The fourth-order valence-electron chi connectivity index (χ4n) is 0.235. The molecular weight excluding hydrogens is 143 g/mol. The van der Waals surface area contributed by atoms with Gasteiger partial charge in [0.05, 0.1) is 0 Å². The summed E-state index contributed by atoms with van der Waals surface area (Å²) in [7, 11) is 0. The second kappa shape index (κ2) is 5.65. The van der Waals surface area contributed by atoms with Crippen LogP contribution in [-0.2, 0) is 9.59 Å². The summed E-state index contributed by atoms with van der Waals surface area (Å²) in [4.78, 5) is 20.2. The molecule has 0 aromatic carbocycles. The SMILES string of the molecule is C=C(C)C(=O)[CH]C(=O)O.[NaH]. The minimum absolute atomic E-state index is 0. The van der Waals surface area contributed by atoms with Crippen LogP contribution in [0.5, 0.6) is 0 Å². The van der Waals surface area contributed by atoms with Gasteiger partial charge in [-0.3, -0.25) is 9.59 Å². The summed E-state index contributed by atoms with van der Waals surface area (Å²) in [6.07, 6.45) is 0.586. The van der Waals surface area contributed by atoms with Crippen molar-refractivity contribution >= 4 is 41.3 Å². The van der Waals surface area contributed by atoms with Gasteiger partial charge in [-0.25, -0.2) is 0 Å². The first-order chi connectivity index (χ1) is 4.04. The predicted octanol–water partition coefficient (Wildman–Crippen LogP) is -0.228. The van der Waals surface area contributed by atoms with Gasteiger partial charge in [-0.1, -0.05) is 6.58 Å². The van der Waals surface area contributed by atoms with Gasteiger partial charge in [0.15, 0.2) is 5.78 Å². The number of allylic oxidation sites excluding steroid dienone is 1. The number of aliphatic carboxylic acids is 1. The Balaban J connectivity index is 0. The fourth-order valence-corrected chi connectivity index (χ4v) is 0.235. The van der Waals surface area contributed by atoms with E-state index in [1.165, 1.54) is 6.92 Å². The molecule has 0 amide bonds. The molecule has 0 heterocycles. The Morgan fingerprint density at radius 2 is 1.90 bits per heavy atom. The van der Waals surface area contributed by atoms with Crippen LogP contribution in [0, 0.1) is 6.42 Å². The number of Topliss-reactive ketones (excluding diaryl/α,β-unsaturated/α-hetero) is 1. The first-order valence-electron chi connectivity index (χ1n) is 2.31. The van der Waals surface area contributed by atoms with E-state index in [4.69, 9.17) is 5.11 Å². The van der Waals surface area contributed by atoms with Crippen LogP contribution in [0.15, 0.2) is 12.2 Å². The molecule has 0 atom stereocenters. The first kappa shape index (κ1) is 12.5. The minimum atomic E-state index is -1.23. The Bertz CT molecular complexity index is 162. The van der Waals surface area contributed by atoms with Gasteiger partial charge in [0.1, 0.15) is 6.42 Å². The van der Waals surface area contributed by atoms with Crippen molar-refractivity contribution in [3.8, 4) is 0 Å². The van der Waals surface area contributed by atoms with Crippen LogP contribution in [0.2, 0.25) is 0 Å². The van der Waals surface area contributed by atoms with Crippen molar-refractivity contribution in [3.05, 3.63) is 18.6 Å². The molecule has 0 fully saturated rings. The van der Waals surface area contributed by atoms with Crippen molar-refractivity contribution in [2.45, 2.75) is 6.92 Å². The Kier molecular flexibility index (Phi) is 7.09. The molecule has 0 aliphatic heterocycles. The molecule has 0 aromatic heterocycles. The quantitative estimate of drug-likeness (QED) is 0.344. The molecule has 0 bridgehead atoms. The van der Waals surface area contributed by atoms with Crippen LogP contribution in [0.25, 0.3) is 0 Å². The van der Waals surface area contributed by atoms with Crippen molar-refractivity contribution in [1.29, 1.82) is 0 Å². The zero-order valence-electron chi connectivity index (χ0n) is 5.05. The van der Waals surface area contributed by atoms with Gasteiger partial charge < -0.3 is 5.11 Å². The number of carbonyl (C=O) groups excluding carboxylic acids is 1. The van der Waals surface area contributed by atoms with Gasteiger partial charge in [-0.05, 0) is 12.5 Å². The standard InChI is InChI=1S/C6H7O3.Na.H/c1-4(2)5(7)3-6(8)9;;/h3H,1H2,2H3,(H,8,9);;. The van der Waals surface area contributed by atoms with Crippen molar-refractivity contribution in [2.24, 2.45) is 0 Å². The second-order valence-corrected chi connectivity index (χ2v) is 1.63. The van der Waals surface area contributed by atoms with Gasteiger partial charge in [-0.2, -0.15) is 0 Å². The Morgan fingerprint density at radius 3 is 2.00 bits per heavy atom. The molecule has 10 heavy (non-hydrogen) atoms. The Labute approximate surface area is 81.4 Å². The van der Waals surface area contributed by atoms with E-state index >= 15 is 0 Å². The zero-order valence-corrected chi connectivity index (χ0v) is 5.05. The third kappa shape index (κ3) is 6.01. The molecule has 0 saturated heterocycles. The zero-order chi connectivity index (χ0) is 7.44. The van der Waals surface area contributed by atoms with E-state index < -0.39 is 11.8 Å². The molecule has 3 nitrogen and oxygen atoms in total. The van der Waals surface area contributed by atoms with E-state index in [-0.39, 0.29) is 35.1 Å². The van der Waals surface area contributed by atoms with Crippen LogP contribution < -0.4 is 0 Å². The van der Waals surface area contributed by atoms with Gasteiger partial charge >= 0.3 is 35.5 Å². The van der Waals surface area contributed by atoms with Gasteiger partial charge in [0.2, 0.25) is 0 Å². The summed E-state index contributed by atoms with van der Waals surface area (Å²) >= 11 is 0. The van der Waals surface area contributed by atoms with Gasteiger partial charge in [0.25, 0.3) is 0 Å². The van der Waals surface area contributed by atoms with E-state index in [2.05, 4.69) is 6.58 Å². The van der Waals surface area contributed by atoms with E-state index in [0.29, 0.717) is 6.42 Å². The summed E-state index contributed by atoms with van der Waals surface area (Å²) in [6, 6.07) is 0. The third-order valence-electron chi connectivity index (χ3n) is 0.675. The topological polar surface area (TPSA) is 54.4 Å². The number of carboxylic acids is 1. The van der Waals surface area contributed by atoms with E-state index in [1.807, 2.05) is 0 Å². The van der Waals surface area contributed by atoms with Crippen molar-refractivity contribution in [1.82, 2.24) is 0 Å². The normalized spacial score (nSPS) is 7.70. The summed E-state index contributed by atoms with van der Waals surface area (Å²) in [5.41, 5.74) is 0.234. The summed E-state index contributed by atoms with van der Waals surface area (Å²) in [6.45, 7) is 4.72. The molecule has 0 aliphatic carbocycles. The first-order valence-corrected chi connectivity index (χ1v) is 2.31. The maximum absolute atomic E-state index is 10.4. The molecule has 1 N–H and O–H groups in total. The number of hydrogen-bond acceptors (Lipinski definition) is 2. The number of carboxylic acid groups (broad SMARTS) is 1. The van der Waals surface area contributed by atoms with Crippen LogP contribution in [0.4, 0.5) is 0 Å². The number of hydrogen-bond donors (Lipinski definition) is 1. The molecule has 0 unspecified atom stereocenters. The molecular formula is C6H8NaO3. The monoisotopic (exact) mass is 151 g/mol. The third-order valence-corrected chi connectivity index (χ3v) is 0.675. The average molecular weight is 151 g/mol. The molecule has 51 valence electrons. The van der Waals surface area contributed by atoms with Gasteiger partial charge in [-0.15, -0.1) is 0 Å². The van der Waals surface area contributed by atoms with E-state index in [0.717, 1.165) is 0 Å². The molecule has 0 aromatic rings. The fraction of sp³-hybridized carbons (Fsp3) is 0.167. The average Bonchev–Trinajstić information content (AvgIpc) is 1.63. The van der Waals surface area contributed by atoms with Crippen molar-refractivity contribution < 1.29 is 14.7 Å². The molecule has 0 saturated carbocycles. The summed E-state index contributed by atoms with van der Waals surface area (Å²) in [5, 5.41) is 8.02. The Hall–Kier alpha value is -0.120. The maximum atomic E-state index is 10.4. The summed E-state index contributed by atoms with van der Waals surface area (Å²) in [5.74, 6) is -1.77. The summed E-state index contributed by atoms with van der Waals surface area (Å²) < 4.78 is 0. The predicted molar refractivity (Wildman–Crippen MR) is 38.9 cm³/mol. The number of carbonyl (C=O) groups is 2. The van der Waals surface area contributed by atoms with Gasteiger partial charge in [0, 0.05) is 0 Å². The van der Waals surface area contributed by atoms with Crippen LogP contribution in [-0.4, -0.2) is 46.4 Å². The molecule has 0 rings (SSSR count). The van der Waals surface area contributed by atoms with Crippen molar-refractivity contribution in [2.75, 3.05) is 0 Å². The second-order valence-electron chi connectivity index (χ2n) is 1.63.